The van der Waals surface area contributed by atoms with Crippen LogP contribution in [0, 0.1) is 11.8 Å². The van der Waals surface area contributed by atoms with E-state index < -0.39 is 23.9 Å². The zero-order valence-electron chi connectivity index (χ0n) is 27.8. The molecular formula is C36H45Cl2N5O5S. The number of hydrogen-bond donors (Lipinski definition) is 4. The van der Waals surface area contributed by atoms with Gasteiger partial charge < -0.3 is 26.4 Å². The Balaban J connectivity index is 1.33. The van der Waals surface area contributed by atoms with Crippen molar-refractivity contribution in [3.8, 4) is 5.75 Å². The minimum absolute atomic E-state index is 0.0267. The van der Waals surface area contributed by atoms with Crippen molar-refractivity contribution in [3.63, 3.8) is 0 Å². The van der Waals surface area contributed by atoms with Crippen molar-refractivity contribution in [2.24, 2.45) is 17.6 Å². The van der Waals surface area contributed by atoms with Crippen LogP contribution in [0.5, 0.6) is 5.75 Å². The second-order valence-electron chi connectivity index (χ2n) is 12.9. The van der Waals surface area contributed by atoms with Gasteiger partial charge in [-0.1, -0.05) is 55.5 Å². The van der Waals surface area contributed by atoms with E-state index in [0.717, 1.165) is 47.9 Å². The van der Waals surface area contributed by atoms with E-state index in [2.05, 4.69) is 20.9 Å². The number of ketones is 1. The molecule has 1 saturated carbocycles. The number of thiazole rings is 1. The van der Waals surface area contributed by atoms with Crippen molar-refractivity contribution in [1.29, 1.82) is 0 Å². The second kappa shape index (κ2) is 17.6. The van der Waals surface area contributed by atoms with Gasteiger partial charge in [-0.25, -0.2) is 4.98 Å². The molecule has 1 aliphatic heterocycles. The van der Waals surface area contributed by atoms with Crippen molar-refractivity contribution in [2.75, 3.05) is 13.2 Å². The predicted molar refractivity (Wildman–Crippen MR) is 193 cm³/mol. The molecule has 5 N–H and O–H groups in total. The lowest BCUT2D eigenvalue weighted by Gasteiger charge is -2.30. The average molecular weight is 731 g/mol. The van der Waals surface area contributed by atoms with Crippen molar-refractivity contribution in [2.45, 2.75) is 95.7 Å². The first kappa shape index (κ1) is 37.0. The summed E-state index contributed by atoms with van der Waals surface area (Å²) in [6.45, 7) is 2.64. The minimum Gasteiger partial charge on any atom is -0.493 e. The Hall–Kier alpha value is -3.25. The van der Waals surface area contributed by atoms with Crippen LogP contribution in [0.1, 0.15) is 87.7 Å². The van der Waals surface area contributed by atoms with Crippen LogP contribution in [-0.2, 0) is 25.6 Å². The van der Waals surface area contributed by atoms with Gasteiger partial charge >= 0.3 is 0 Å². The first-order chi connectivity index (χ1) is 23.7. The van der Waals surface area contributed by atoms with Crippen molar-refractivity contribution in [1.82, 2.24) is 20.9 Å². The SMILES string of the molecule is CCC(=O)N[C@@H](Cc1nc2ccc(Cl)cc2s1)C(=O)N[C@H](C(=O)C[C@@H](CCCCN)C(=O)N[C@@H]1CCOc2cccc(Cl)c21)C1CCCC1. The molecule has 0 bridgehead atoms. The Morgan fingerprint density at radius 3 is 2.59 bits per heavy atom. The zero-order chi connectivity index (χ0) is 34.9. The number of nitrogens with one attached hydrogen (secondary N) is 3. The Morgan fingerprint density at radius 2 is 1.84 bits per heavy atom. The number of amides is 3. The molecule has 0 saturated heterocycles. The molecule has 0 radical (unpaired) electrons. The molecule has 10 nitrogen and oxygen atoms in total. The molecule has 2 aromatic carbocycles. The van der Waals surface area contributed by atoms with Gasteiger partial charge in [0.1, 0.15) is 11.8 Å². The standard InChI is InChI=1S/C36H45Cl2N5O5S/c1-2-31(45)40-27(20-32-41-25-14-13-23(37)19-30(25)49-32)36(47)43-34(21-8-3-4-9-21)28(44)18-22(10-5-6-16-39)35(46)42-26-15-17-48-29-12-7-11-24(38)33(26)29/h7,11-14,19,21-22,26-27,34H,2-6,8-10,15-18,20,39H2,1H3,(H,40,45)(H,42,46)(H,43,47)/t22-,26-,27+,34+/m1/s1. The molecule has 1 fully saturated rings. The zero-order valence-corrected chi connectivity index (χ0v) is 30.1. The number of benzene rings is 2. The number of fused-ring (bicyclic) bond motifs is 2. The largest absolute Gasteiger partial charge is 0.493 e. The summed E-state index contributed by atoms with van der Waals surface area (Å²) in [5.41, 5.74) is 7.27. The summed E-state index contributed by atoms with van der Waals surface area (Å²) in [5, 5.41) is 10.8. The van der Waals surface area contributed by atoms with Crippen LogP contribution >= 0.6 is 34.5 Å². The molecule has 5 rings (SSSR count). The van der Waals surface area contributed by atoms with Crippen molar-refractivity contribution in [3.05, 3.63) is 57.0 Å². The van der Waals surface area contributed by atoms with Gasteiger partial charge in [0, 0.05) is 47.2 Å². The topological polar surface area (TPSA) is 153 Å². The molecule has 2 aliphatic rings. The third-order valence-corrected chi connectivity index (χ3v) is 11.0. The maximum absolute atomic E-state index is 14.2. The molecule has 0 spiro atoms. The fourth-order valence-electron chi connectivity index (χ4n) is 6.80. The highest BCUT2D eigenvalue weighted by atomic mass is 35.5. The predicted octanol–water partition coefficient (Wildman–Crippen LogP) is 6.06. The van der Waals surface area contributed by atoms with Crippen LogP contribution in [0.2, 0.25) is 10.0 Å². The number of nitrogens with zero attached hydrogens (tertiary/aromatic N) is 1. The van der Waals surface area contributed by atoms with Gasteiger partial charge in [0.2, 0.25) is 17.7 Å². The first-order valence-electron chi connectivity index (χ1n) is 17.3. The van der Waals surface area contributed by atoms with Gasteiger partial charge in [0.15, 0.2) is 5.78 Å². The number of hydrogen-bond acceptors (Lipinski definition) is 8. The normalized spacial score (nSPS) is 17.8. The molecule has 1 aliphatic carbocycles. The number of halogens is 2. The van der Waals surface area contributed by atoms with E-state index >= 15 is 0 Å². The number of Topliss-reactive ketones (excluding diaryl/α,β-unsaturated/α-hetero) is 1. The molecule has 3 amide bonds. The van der Waals surface area contributed by atoms with Gasteiger partial charge in [-0.2, -0.15) is 0 Å². The third kappa shape index (κ3) is 9.72. The summed E-state index contributed by atoms with van der Waals surface area (Å²) in [7, 11) is 0. The summed E-state index contributed by atoms with van der Waals surface area (Å²) in [4.78, 5) is 59.2. The third-order valence-electron chi connectivity index (χ3n) is 9.43. The molecule has 2 heterocycles. The van der Waals surface area contributed by atoms with Crippen LogP contribution < -0.4 is 26.4 Å². The van der Waals surface area contributed by atoms with Crippen LogP contribution in [0.15, 0.2) is 36.4 Å². The van der Waals surface area contributed by atoms with Crippen LogP contribution in [0.4, 0.5) is 0 Å². The highest BCUT2D eigenvalue weighted by molar-refractivity contribution is 7.18. The summed E-state index contributed by atoms with van der Waals surface area (Å²) < 4.78 is 6.66. The molecule has 1 aromatic heterocycles. The lowest BCUT2D eigenvalue weighted by molar-refractivity contribution is -0.134. The lowest BCUT2D eigenvalue weighted by Crippen LogP contribution is -2.54. The molecule has 0 unspecified atom stereocenters. The van der Waals surface area contributed by atoms with Gasteiger partial charge in [-0.3, -0.25) is 19.2 Å². The maximum Gasteiger partial charge on any atom is 0.243 e. The number of unbranched alkanes of at least 4 members (excludes halogenated alkanes) is 1. The summed E-state index contributed by atoms with van der Waals surface area (Å²) in [5.74, 6) is -1.17. The number of carbonyl (C=O) groups excluding carboxylic acids is 4. The number of aromatic nitrogens is 1. The van der Waals surface area contributed by atoms with Crippen LogP contribution in [-0.4, -0.2) is 53.7 Å². The molecule has 3 aromatic rings. The smallest absolute Gasteiger partial charge is 0.243 e. The molecule has 13 heteroatoms. The van der Waals surface area contributed by atoms with E-state index in [1.807, 2.05) is 24.3 Å². The van der Waals surface area contributed by atoms with Crippen molar-refractivity contribution < 1.29 is 23.9 Å². The van der Waals surface area contributed by atoms with Crippen LogP contribution in [0.25, 0.3) is 10.2 Å². The fraction of sp³-hybridized carbons (Fsp3) is 0.528. The highest BCUT2D eigenvalue weighted by Gasteiger charge is 2.37. The first-order valence-corrected chi connectivity index (χ1v) is 18.8. The number of rotatable bonds is 16. The van der Waals surface area contributed by atoms with E-state index in [0.29, 0.717) is 53.2 Å². The number of carbonyl (C=O) groups is 4. The fourth-order valence-corrected chi connectivity index (χ4v) is 8.38. The quantitative estimate of drug-likeness (QED) is 0.131. The van der Waals surface area contributed by atoms with Gasteiger partial charge in [-0.15, -0.1) is 11.3 Å². The van der Waals surface area contributed by atoms with E-state index in [9.17, 15) is 19.2 Å². The average Bonchev–Trinajstić information content (AvgIpc) is 3.76. The Kier molecular flexibility index (Phi) is 13.3. The van der Waals surface area contributed by atoms with Crippen molar-refractivity contribution >= 4 is 68.3 Å². The summed E-state index contributed by atoms with van der Waals surface area (Å²) in [6, 6.07) is 8.76. The van der Waals surface area contributed by atoms with Gasteiger partial charge in [-0.05, 0) is 68.5 Å². The summed E-state index contributed by atoms with van der Waals surface area (Å²) in [6.07, 6.45) is 6.29. The Morgan fingerprint density at radius 1 is 1.04 bits per heavy atom. The molecule has 49 heavy (non-hydrogen) atoms. The maximum atomic E-state index is 14.2. The summed E-state index contributed by atoms with van der Waals surface area (Å²) >= 11 is 14.1. The molecule has 264 valence electrons. The Labute approximate surface area is 301 Å². The van der Waals surface area contributed by atoms with Gasteiger partial charge in [0.25, 0.3) is 0 Å². The number of nitrogens with two attached hydrogens (primary N) is 1. The van der Waals surface area contributed by atoms with E-state index in [4.69, 9.17) is 33.7 Å². The monoisotopic (exact) mass is 729 g/mol. The van der Waals surface area contributed by atoms with Crippen LogP contribution in [0.3, 0.4) is 0 Å². The minimum atomic E-state index is -0.929. The van der Waals surface area contributed by atoms with Gasteiger partial charge in [0.05, 0.1) is 33.9 Å². The molecule has 4 atom stereocenters. The molecular weight excluding hydrogens is 685 g/mol. The highest BCUT2D eigenvalue weighted by Crippen LogP contribution is 2.38. The van der Waals surface area contributed by atoms with E-state index in [-0.39, 0.29) is 48.8 Å². The second-order valence-corrected chi connectivity index (χ2v) is 14.9. The Bertz CT molecular complexity index is 1640. The van der Waals surface area contributed by atoms with E-state index in [1.54, 1.807) is 19.1 Å². The van der Waals surface area contributed by atoms with E-state index in [1.165, 1.54) is 11.3 Å². The number of ether oxygens (including phenoxy) is 1. The lowest BCUT2D eigenvalue weighted by atomic mass is 9.86.